The third-order valence-corrected chi connectivity index (χ3v) is 5.46. The average Bonchev–Trinajstić information content (AvgIpc) is 2.77. The maximum Gasteiger partial charge on any atom is 0.325 e. The van der Waals surface area contributed by atoms with Crippen LogP contribution in [-0.2, 0) is 20.7 Å². The smallest absolute Gasteiger partial charge is 0.325 e. The molecule has 30 heavy (non-hydrogen) atoms. The summed E-state index contributed by atoms with van der Waals surface area (Å²) >= 11 is 1.40. The summed E-state index contributed by atoms with van der Waals surface area (Å²) < 4.78 is 10.0. The van der Waals surface area contributed by atoms with E-state index in [9.17, 15) is 14.4 Å². The number of hydrogen-bond donors (Lipinski definition) is 1. The molecule has 0 bridgehead atoms. The topological polar surface area (TPSA) is 81.7 Å². The molecule has 7 heteroatoms. The van der Waals surface area contributed by atoms with Gasteiger partial charge in [-0.15, -0.1) is 0 Å². The van der Waals surface area contributed by atoms with Crippen LogP contribution in [0.2, 0.25) is 0 Å². The predicted molar refractivity (Wildman–Crippen MR) is 118 cm³/mol. The van der Waals surface area contributed by atoms with Crippen LogP contribution in [0, 0.1) is 5.92 Å². The van der Waals surface area contributed by atoms with Crippen molar-refractivity contribution in [2.75, 3.05) is 31.8 Å². The summed E-state index contributed by atoms with van der Waals surface area (Å²) in [5.41, 5.74) is 1.60. The number of ketones is 1. The summed E-state index contributed by atoms with van der Waals surface area (Å²) in [6.07, 6.45) is 0.524. The summed E-state index contributed by atoms with van der Waals surface area (Å²) in [6, 6.07) is 16.7. The quantitative estimate of drug-likeness (QED) is 0.412. The van der Waals surface area contributed by atoms with Gasteiger partial charge in [0, 0.05) is 11.3 Å². The van der Waals surface area contributed by atoms with Crippen LogP contribution >= 0.6 is 11.8 Å². The van der Waals surface area contributed by atoms with E-state index in [1.165, 1.54) is 11.8 Å². The second-order valence-corrected chi connectivity index (χ2v) is 7.61. The zero-order valence-corrected chi connectivity index (χ0v) is 18.1. The highest BCUT2D eigenvalue weighted by molar-refractivity contribution is 8.00. The van der Waals surface area contributed by atoms with E-state index in [1.807, 2.05) is 30.3 Å². The number of nitrogens with one attached hydrogen (secondary N) is 1. The minimum absolute atomic E-state index is 0.0238. The van der Waals surface area contributed by atoms with Crippen molar-refractivity contribution in [3.05, 3.63) is 65.7 Å². The van der Waals surface area contributed by atoms with Crippen molar-refractivity contribution in [1.82, 2.24) is 5.32 Å². The Labute approximate surface area is 181 Å². The zero-order valence-electron chi connectivity index (χ0n) is 17.3. The number of methoxy groups -OCH3 is 1. The van der Waals surface area contributed by atoms with E-state index in [0.29, 0.717) is 23.5 Å². The van der Waals surface area contributed by atoms with Gasteiger partial charge in [0.2, 0.25) is 5.91 Å². The van der Waals surface area contributed by atoms with Crippen LogP contribution in [0.25, 0.3) is 0 Å². The van der Waals surface area contributed by atoms with Crippen molar-refractivity contribution in [3.8, 4) is 5.75 Å². The van der Waals surface area contributed by atoms with Gasteiger partial charge in [-0.3, -0.25) is 14.4 Å². The van der Waals surface area contributed by atoms with Crippen LogP contribution in [0.3, 0.4) is 0 Å². The Bertz CT molecular complexity index is 840. The molecule has 0 heterocycles. The van der Waals surface area contributed by atoms with E-state index in [0.717, 1.165) is 5.56 Å². The highest BCUT2D eigenvalue weighted by atomic mass is 32.2. The van der Waals surface area contributed by atoms with E-state index in [2.05, 4.69) is 5.32 Å². The highest BCUT2D eigenvalue weighted by Crippen LogP contribution is 2.18. The fourth-order valence-electron chi connectivity index (χ4n) is 2.82. The minimum atomic E-state index is -0.467. The highest BCUT2D eigenvalue weighted by Gasteiger charge is 2.21. The number of thioether (sulfide) groups is 1. The number of carbonyl (C=O) groups is 3. The number of benzene rings is 2. The fourth-order valence-corrected chi connectivity index (χ4v) is 3.84. The molecule has 2 aromatic carbocycles. The molecule has 1 unspecified atom stereocenters. The van der Waals surface area contributed by atoms with Gasteiger partial charge in [-0.05, 0) is 31.0 Å². The molecule has 2 aromatic rings. The van der Waals surface area contributed by atoms with E-state index < -0.39 is 5.97 Å². The van der Waals surface area contributed by atoms with E-state index in [-0.39, 0.29) is 36.5 Å². The lowest BCUT2D eigenvalue weighted by molar-refractivity contribution is -0.143. The van der Waals surface area contributed by atoms with Gasteiger partial charge in [-0.1, -0.05) is 42.5 Å². The molecule has 0 aliphatic carbocycles. The van der Waals surface area contributed by atoms with Crippen LogP contribution < -0.4 is 10.1 Å². The van der Waals surface area contributed by atoms with Gasteiger partial charge in [0.05, 0.1) is 25.4 Å². The molecule has 1 amide bonds. The lowest BCUT2D eigenvalue weighted by atomic mass is 10.0. The van der Waals surface area contributed by atoms with Crippen molar-refractivity contribution in [2.45, 2.75) is 13.3 Å². The summed E-state index contributed by atoms with van der Waals surface area (Å²) in [4.78, 5) is 36.7. The molecule has 0 aromatic heterocycles. The Hall–Kier alpha value is -2.80. The first-order chi connectivity index (χ1) is 14.5. The SMILES string of the molecule is CCOC(=O)CNC(=O)C(CSCC(=O)c1cccc(OC)c1)Cc1ccccc1. The second-order valence-electron chi connectivity index (χ2n) is 6.58. The molecular formula is C23H27NO5S. The van der Waals surface area contributed by atoms with Crippen molar-refractivity contribution in [2.24, 2.45) is 5.92 Å². The number of Topliss-reactive ketones (excluding diaryl/α,β-unsaturated/α-hetero) is 1. The third-order valence-electron chi connectivity index (χ3n) is 4.35. The van der Waals surface area contributed by atoms with Crippen LogP contribution in [0.1, 0.15) is 22.8 Å². The van der Waals surface area contributed by atoms with E-state index in [4.69, 9.17) is 9.47 Å². The number of hydrogen-bond acceptors (Lipinski definition) is 6. The summed E-state index contributed by atoms with van der Waals surface area (Å²) in [5, 5.41) is 2.64. The monoisotopic (exact) mass is 429 g/mol. The van der Waals surface area contributed by atoms with E-state index in [1.54, 1.807) is 38.3 Å². The first-order valence-electron chi connectivity index (χ1n) is 9.75. The molecule has 0 aliphatic heterocycles. The van der Waals surface area contributed by atoms with Crippen molar-refractivity contribution >= 4 is 29.4 Å². The number of carbonyl (C=O) groups excluding carboxylic acids is 3. The van der Waals surface area contributed by atoms with Gasteiger partial charge < -0.3 is 14.8 Å². The molecule has 2 rings (SSSR count). The van der Waals surface area contributed by atoms with Gasteiger partial charge in [0.1, 0.15) is 12.3 Å². The maximum absolute atomic E-state index is 12.7. The van der Waals surface area contributed by atoms with E-state index >= 15 is 0 Å². The van der Waals surface area contributed by atoms with Crippen molar-refractivity contribution < 1.29 is 23.9 Å². The van der Waals surface area contributed by atoms with Crippen molar-refractivity contribution in [3.63, 3.8) is 0 Å². The first-order valence-corrected chi connectivity index (χ1v) is 10.9. The lowest BCUT2D eigenvalue weighted by Gasteiger charge is -2.16. The molecule has 0 aliphatic rings. The Kier molecular flexibility index (Phi) is 9.94. The number of ether oxygens (including phenoxy) is 2. The Morgan fingerprint density at radius 1 is 1.07 bits per heavy atom. The molecule has 0 radical (unpaired) electrons. The lowest BCUT2D eigenvalue weighted by Crippen LogP contribution is -2.37. The van der Waals surface area contributed by atoms with Crippen molar-refractivity contribution in [1.29, 1.82) is 0 Å². The van der Waals surface area contributed by atoms with Crippen LogP contribution in [0.5, 0.6) is 5.75 Å². The van der Waals surface area contributed by atoms with Gasteiger partial charge in [0.15, 0.2) is 5.78 Å². The summed E-state index contributed by atoms with van der Waals surface area (Å²) in [6.45, 7) is 1.82. The molecule has 0 spiro atoms. The standard InChI is InChI=1S/C23H27NO5S/c1-3-29-22(26)14-24-23(27)19(12-17-8-5-4-6-9-17)15-30-16-21(25)18-10-7-11-20(13-18)28-2/h4-11,13,19H,3,12,14-16H2,1-2H3,(H,24,27). The van der Waals surface area contributed by atoms with Crippen LogP contribution in [0.15, 0.2) is 54.6 Å². The van der Waals surface area contributed by atoms with Crippen LogP contribution in [0.4, 0.5) is 0 Å². The third kappa shape index (κ3) is 7.91. The molecule has 1 atom stereocenters. The van der Waals surface area contributed by atoms with Gasteiger partial charge in [-0.2, -0.15) is 11.8 Å². The largest absolute Gasteiger partial charge is 0.497 e. The maximum atomic E-state index is 12.7. The Morgan fingerprint density at radius 2 is 1.83 bits per heavy atom. The minimum Gasteiger partial charge on any atom is -0.497 e. The van der Waals surface area contributed by atoms with Gasteiger partial charge in [-0.25, -0.2) is 0 Å². The number of amides is 1. The number of rotatable bonds is 12. The Balaban J connectivity index is 1.95. The molecule has 160 valence electrons. The molecule has 0 saturated carbocycles. The number of esters is 1. The summed E-state index contributed by atoms with van der Waals surface area (Å²) in [5.74, 6) is 0.252. The van der Waals surface area contributed by atoms with Crippen LogP contribution in [-0.4, -0.2) is 49.4 Å². The fraction of sp³-hybridized carbons (Fsp3) is 0.348. The normalized spacial score (nSPS) is 11.4. The molecular weight excluding hydrogens is 402 g/mol. The summed E-state index contributed by atoms with van der Waals surface area (Å²) in [7, 11) is 1.56. The first kappa shape index (κ1) is 23.5. The second kappa shape index (κ2) is 12.7. The average molecular weight is 430 g/mol. The molecule has 0 saturated heterocycles. The Morgan fingerprint density at radius 3 is 2.53 bits per heavy atom. The van der Waals surface area contributed by atoms with Gasteiger partial charge >= 0.3 is 5.97 Å². The molecule has 6 nitrogen and oxygen atoms in total. The van der Waals surface area contributed by atoms with Gasteiger partial charge in [0.25, 0.3) is 0 Å². The molecule has 1 N–H and O–H groups in total. The molecule has 0 fully saturated rings. The predicted octanol–water partition coefficient (Wildman–Crippen LogP) is 3.15. The zero-order chi connectivity index (χ0) is 21.8.